The minimum Gasteiger partial charge on any atom is -0.378 e. The first-order chi connectivity index (χ1) is 17.8. The number of hydrogen-bond acceptors (Lipinski definition) is 7. The van der Waals surface area contributed by atoms with E-state index >= 15 is 0 Å². The third-order valence-electron chi connectivity index (χ3n) is 6.31. The molecule has 2 aliphatic rings. The molecule has 4 rings (SSSR count). The average molecular weight is 554 g/mol. The highest BCUT2D eigenvalue weighted by molar-refractivity contribution is 8.24. The molecular formula is C28H31N3O3S3. The number of benzene rings is 2. The van der Waals surface area contributed by atoms with E-state index in [0.717, 1.165) is 41.2 Å². The lowest BCUT2D eigenvalue weighted by Crippen LogP contribution is -2.56. The number of rotatable bonds is 9. The molecule has 0 unspecified atom stereocenters. The van der Waals surface area contributed by atoms with Gasteiger partial charge in [-0.05, 0) is 67.5 Å². The van der Waals surface area contributed by atoms with Crippen LogP contribution in [0.5, 0.6) is 0 Å². The van der Waals surface area contributed by atoms with Gasteiger partial charge in [-0.1, -0.05) is 50.2 Å². The lowest BCUT2D eigenvalue weighted by atomic mass is 10.0. The Kier molecular flexibility index (Phi) is 8.77. The van der Waals surface area contributed by atoms with Crippen LogP contribution in [0, 0.1) is 0 Å². The van der Waals surface area contributed by atoms with Crippen molar-refractivity contribution in [1.29, 1.82) is 0 Å². The largest absolute Gasteiger partial charge is 0.378 e. The van der Waals surface area contributed by atoms with Gasteiger partial charge in [-0.25, -0.2) is 0 Å². The fourth-order valence-electron chi connectivity index (χ4n) is 4.10. The standard InChI is InChI=1S/C28H31N3O3S3/c1-5-7-15-30-25(33)23(26(34)31(28(30)35)16-8-6-2)27-36-21-14-11-19(17-22(21)37-27)24(32)18-9-12-20(13-10-18)29(3)4/h9-14,17H,5-8,15-16H2,1-4H3. The zero-order valence-corrected chi connectivity index (χ0v) is 24.0. The number of fused-ring (bicyclic) bond motifs is 1. The number of amides is 2. The summed E-state index contributed by atoms with van der Waals surface area (Å²) in [6.45, 7) is 5.11. The maximum absolute atomic E-state index is 13.5. The molecule has 0 aromatic heterocycles. The van der Waals surface area contributed by atoms with Gasteiger partial charge in [0.1, 0.15) is 5.57 Å². The second-order valence-corrected chi connectivity index (χ2v) is 11.9. The van der Waals surface area contributed by atoms with Crippen molar-refractivity contribution in [3.63, 3.8) is 0 Å². The lowest BCUT2D eigenvalue weighted by molar-refractivity contribution is -0.133. The van der Waals surface area contributed by atoms with E-state index in [1.807, 2.05) is 61.5 Å². The maximum atomic E-state index is 13.5. The Morgan fingerprint density at radius 2 is 1.38 bits per heavy atom. The highest BCUT2D eigenvalue weighted by Gasteiger charge is 2.42. The van der Waals surface area contributed by atoms with Crippen LogP contribution in [0.2, 0.25) is 0 Å². The minimum absolute atomic E-state index is 0.0635. The predicted molar refractivity (Wildman–Crippen MR) is 155 cm³/mol. The van der Waals surface area contributed by atoms with Gasteiger partial charge in [0.25, 0.3) is 11.8 Å². The van der Waals surface area contributed by atoms with E-state index in [1.165, 1.54) is 23.5 Å². The molecule has 37 heavy (non-hydrogen) atoms. The van der Waals surface area contributed by atoms with Gasteiger partial charge in [-0.3, -0.25) is 24.2 Å². The van der Waals surface area contributed by atoms with Crippen molar-refractivity contribution >= 4 is 64.1 Å². The Balaban J connectivity index is 1.63. The van der Waals surface area contributed by atoms with E-state index in [2.05, 4.69) is 13.8 Å². The molecule has 2 aromatic carbocycles. The first kappa shape index (κ1) is 27.4. The van der Waals surface area contributed by atoms with E-state index in [-0.39, 0.29) is 23.2 Å². The molecule has 2 heterocycles. The van der Waals surface area contributed by atoms with Gasteiger partial charge >= 0.3 is 0 Å². The van der Waals surface area contributed by atoms with Crippen LogP contribution in [0.4, 0.5) is 5.69 Å². The molecule has 0 saturated carbocycles. The van der Waals surface area contributed by atoms with Gasteiger partial charge in [0.05, 0.1) is 4.24 Å². The third kappa shape index (κ3) is 5.63. The summed E-state index contributed by atoms with van der Waals surface area (Å²) in [6, 6.07) is 13.1. The average Bonchev–Trinajstić information content (AvgIpc) is 3.31. The van der Waals surface area contributed by atoms with Crippen LogP contribution in [-0.2, 0) is 9.59 Å². The summed E-state index contributed by atoms with van der Waals surface area (Å²) in [5.41, 5.74) is 2.39. The minimum atomic E-state index is -0.323. The molecule has 6 nitrogen and oxygen atoms in total. The molecule has 0 N–H and O–H groups in total. The molecule has 2 aliphatic heterocycles. The van der Waals surface area contributed by atoms with Crippen LogP contribution in [0.3, 0.4) is 0 Å². The topological polar surface area (TPSA) is 60.9 Å². The van der Waals surface area contributed by atoms with Gasteiger partial charge in [0.2, 0.25) is 0 Å². The van der Waals surface area contributed by atoms with Crippen molar-refractivity contribution in [2.24, 2.45) is 0 Å². The number of nitrogens with zero attached hydrogens (tertiary/aromatic N) is 3. The number of thioether (sulfide) groups is 2. The second-order valence-electron chi connectivity index (χ2n) is 9.20. The van der Waals surface area contributed by atoms with E-state index in [0.29, 0.717) is 33.6 Å². The van der Waals surface area contributed by atoms with Crippen LogP contribution in [0.25, 0.3) is 0 Å². The SMILES string of the molecule is CCCCN1C(=O)C(=C2Sc3ccc(C(=O)c4ccc(N(C)C)cc4)cc3S2)C(=O)N(CCCC)C1=S. The number of ketones is 1. The molecule has 0 bridgehead atoms. The Morgan fingerprint density at radius 1 is 0.838 bits per heavy atom. The molecule has 2 aromatic rings. The number of hydrogen-bond donors (Lipinski definition) is 0. The molecule has 9 heteroatoms. The summed E-state index contributed by atoms with van der Waals surface area (Å²) in [5, 5.41) is 0.305. The lowest BCUT2D eigenvalue weighted by Gasteiger charge is -2.37. The zero-order valence-electron chi connectivity index (χ0n) is 21.6. The maximum Gasteiger partial charge on any atom is 0.267 e. The number of unbranched alkanes of at least 4 members (excludes halogenated alkanes) is 2. The fourth-order valence-corrected chi connectivity index (χ4v) is 7.00. The Morgan fingerprint density at radius 3 is 1.92 bits per heavy atom. The molecule has 0 aliphatic carbocycles. The van der Waals surface area contributed by atoms with Crippen molar-refractivity contribution in [1.82, 2.24) is 9.80 Å². The summed E-state index contributed by atoms with van der Waals surface area (Å²) >= 11 is 8.37. The van der Waals surface area contributed by atoms with Gasteiger partial charge < -0.3 is 4.90 Å². The van der Waals surface area contributed by atoms with Crippen LogP contribution >= 0.6 is 35.7 Å². The summed E-state index contributed by atoms with van der Waals surface area (Å²) in [5.74, 6) is -0.709. The molecule has 194 valence electrons. The molecule has 0 radical (unpaired) electrons. The van der Waals surface area contributed by atoms with Gasteiger partial charge in [-0.2, -0.15) is 0 Å². The molecule has 0 atom stereocenters. The van der Waals surface area contributed by atoms with Gasteiger partial charge in [0, 0.05) is 53.8 Å². The highest BCUT2D eigenvalue weighted by Crippen LogP contribution is 2.53. The fraction of sp³-hybridized carbons (Fsp3) is 0.357. The Hall–Kier alpha value is -2.62. The first-order valence-corrected chi connectivity index (χ1v) is 14.5. The van der Waals surface area contributed by atoms with Gasteiger partial charge in [0.15, 0.2) is 10.9 Å². The molecule has 1 saturated heterocycles. The zero-order chi connectivity index (χ0) is 26.7. The van der Waals surface area contributed by atoms with Crippen molar-refractivity contribution < 1.29 is 14.4 Å². The van der Waals surface area contributed by atoms with Crippen LogP contribution in [0.15, 0.2) is 62.1 Å². The van der Waals surface area contributed by atoms with Crippen LogP contribution in [-0.4, -0.2) is 59.7 Å². The molecule has 1 fully saturated rings. The monoisotopic (exact) mass is 553 g/mol. The Bertz CT molecular complexity index is 1240. The molecule has 2 amide bonds. The van der Waals surface area contributed by atoms with Crippen molar-refractivity contribution in [2.75, 3.05) is 32.1 Å². The smallest absolute Gasteiger partial charge is 0.267 e. The Labute approximate surface area is 232 Å². The molecular weight excluding hydrogens is 523 g/mol. The van der Waals surface area contributed by atoms with Crippen molar-refractivity contribution in [2.45, 2.75) is 49.3 Å². The van der Waals surface area contributed by atoms with E-state index in [9.17, 15) is 14.4 Å². The quantitative estimate of drug-likeness (QED) is 0.165. The second kappa shape index (κ2) is 11.8. The predicted octanol–water partition coefficient (Wildman–Crippen LogP) is 5.95. The van der Waals surface area contributed by atoms with Crippen LogP contribution in [0.1, 0.15) is 55.5 Å². The van der Waals surface area contributed by atoms with Crippen molar-refractivity contribution in [3.05, 3.63) is 63.4 Å². The number of carbonyl (C=O) groups excluding carboxylic acids is 3. The van der Waals surface area contributed by atoms with E-state index in [1.54, 1.807) is 9.80 Å². The normalized spacial score (nSPS) is 15.5. The van der Waals surface area contributed by atoms with E-state index < -0.39 is 0 Å². The summed E-state index contributed by atoms with van der Waals surface area (Å²) in [7, 11) is 3.92. The number of anilines is 1. The third-order valence-corrected chi connectivity index (χ3v) is 9.29. The summed E-state index contributed by atoms with van der Waals surface area (Å²) in [6.07, 6.45) is 3.47. The van der Waals surface area contributed by atoms with Crippen LogP contribution < -0.4 is 4.90 Å². The van der Waals surface area contributed by atoms with Crippen molar-refractivity contribution in [3.8, 4) is 0 Å². The number of thiocarbonyl (C=S) groups is 1. The van der Waals surface area contributed by atoms with Gasteiger partial charge in [-0.15, -0.1) is 0 Å². The van der Waals surface area contributed by atoms with E-state index in [4.69, 9.17) is 12.2 Å². The molecule has 0 spiro atoms. The summed E-state index contributed by atoms with van der Waals surface area (Å²) in [4.78, 5) is 47.1. The highest BCUT2D eigenvalue weighted by atomic mass is 32.2. The first-order valence-electron chi connectivity index (χ1n) is 12.5. The summed E-state index contributed by atoms with van der Waals surface area (Å²) < 4.78 is 0.649. The number of carbonyl (C=O) groups is 3.